The summed E-state index contributed by atoms with van der Waals surface area (Å²) in [5, 5.41) is 2.60. The van der Waals surface area contributed by atoms with Gasteiger partial charge in [-0.3, -0.25) is 14.6 Å². The molecule has 3 aromatic rings. The Bertz CT molecular complexity index is 1140. The summed E-state index contributed by atoms with van der Waals surface area (Å²) in [6, 6.07) is 10.7. The minimum atomic E-state index is -4.47. The molecule has 0 atom stereocenters. The van der Waals surface area contributed by atoms with Crippen LogP contribution >= 0.6 is 0 Å². The maximum Gasteiger partial charge on any atom is 0.416 e. The summed E-state index contributed by atoms with van der Waals surface area (Å²) in [5.74, 6) is -0.773. The molecule has 0 bridgehead atoms. The molecule has 1 aliphatic rings. The minimum absolute atomic E-state index is 0.0122. The van der Waals surface area contributed by atoms with Gasteiger partial charge in [0.15, 0.2) is 5.69 Å². The summed E-state index contributed by atoms with van der Waals surface area (Å²) in [6.45, 7) is 3.97. The number of nitrogens with zero attached hydrogens (tertiary/aromatic N) is 3. The Balaban J connectivity index is 1.46. The Morgan fingerprint density at radius 3 is 2.50 bits per heavy atom. The molecule has 1 aliphatic heterocycles. The van der Waals surface area contributed by atoms with E-state index in [1.165, 1.54) is 42.7 Å². The largest absolute Gasteiger partial charge is 0.447 e. The van der Waals surface area contributed by atoms with Crippen molar-refractivity contribution in [3.63, 3.8) is 0 Å². The predicted octanol–water partition coefficient (Wildman–Crippen LogP) is 4.42. The number of carbonyl (C=O) groups is 1. The number of anilines is 1. The van der Waals surface area contributed by atoms with E-state index >= 15 is 0 Å². The van der Waals surface area contributed by atoms with Gasteiger partial charge in [-0.1, -0.05) is 18.2 Å². The highest BCUT2D eigenvalue weighted by Gasteiger charge is 2.33. The van der Waals surface area contributed by atoms with Crippen LogP contribution in [0.3, 0.4) is 0 Å². The second kappa shape index (κ2) is 11.6. The summed E-state index contributed by atoms with van der Waals surface area (Å²) >= 11 is 0. The first-order valence-corrected chi connectivity index (χ1v) is 11.5. The third-order valence-electron chi connectivity index (χ3n) is 5.80. The lowest BCUT2D eigenvalue weighted by Gasteiger charge is -2.30. The Kier molecular flexibility index (Phi) is 8.34. The topological polar surface area (TPSA) is 70.8 Å². The van der Waals surface area contributed by atoms with E-state index in [-0.39, 0.29) is 30.2 Å². The zero-order valence-corrected chi connectivity index (χ0v) is 19.4. The number of nitrogens with one attached hydrogen (secondary N) is 1. The molecule has 0 radical (unpaired) electrons. The number of hydrogen-bond donors (Lipinski definition) is 1. The van der Waals surface area contributed by atoms with Crippen molar-refractivity contribution < 1.29 is 31.5 Å². The molecule has 1 N–H and O–H groups in total. The van der Waals surface area contributed by atoms with E-state index in [1.54, 1.807) is 6.07 Å². The average molecular weight is 507 g/mol. The monoisotopic (exact) mass is 506 g/mol. The minimum Gasteiger partial charge on any atom is -0.447 e. The highest BCUT2D eigenvalue weighted by Crippen LogP contribution is 2.32. The number of carbonyl (C=O) groups excluding carboxylic acids is 1. The molecule has 0 spiro atoms. The molecule has 1 saturated heterocycles. The van der Waals surface area contributed by atoms with Crippen LogP contribution in [0.2, 0.25) is 0 Å². The van der Waals surface area contributed by atoms with Gasteiger partial charge in [0.05, 0.1) is 25.3 Å². The first kappa shape index (κ1) is 25.8. The fourth-order valence-corrected chi connectivity index (χ4v) is 3.90. The highest BCUT2D eigenvalue weighted by molar-refractivity contribution is 6.02. The van der Waals surface area contributed by atoms with Gasteiger partial charge in [-0.2, -0.15) is 13.2 Å². The van der Waals surface area contributed by atoms with E-state index in [1.807, 2.05) is 4.90 Å². The van der Waals surface area contributed by atoms with Crippen LogP contribution in [0.1, 0.15) is 27.5 Å². The molecule has 0 saturated carbocycles. The van der Waals surface area contributed by atoms with Crippen molar-refractivity contribution >= 4 is 11.6 Å². The number of morpholine rings is 1. The second-order valence-corrected chi connectivity index (χ2v) is 8.41. The summed E-state index contributed by atoms with van der Waals surface area (Å²) in [5.41, 5.74) is -0.138. The predicted molar refractivity (Wildman–Crippen MR) is 124 cm³/mol. The van der Waals surface area contributed by atoms with Crippen LogP contribution in [0.4, 0.5) is 23.2 Å². The molecule has 0 unspecified atom stereocenters. The van der Waals surface area contributed by atoms with Crippen molar-refractivity contribution in [1.29, 1.82) is 0 Å². The lowest BCUT2D eigenvalue weighted by molar-refractivity contribution is -0.138. The number of amides is 1. The quantitative estimate of drug-likeness (QED) is 0.434. The number of oxazole rings is 1. The lowest BCUT2D eigenvalue weighted by atomic mass is 10.1. The fraction of sp³-hybridized carbons (Fsp3) is 0.360. The van der Waals surface area contributed by atoms with Gasteiger partial charge in [-0.15, -0.1) is 0 Å². The van der Waals surface area contributed by atoms with E-state index in [4.69, 9.17) is 9.15 Å². The van der Waals surface area contributed by atoms with E-state index in [2.05, 4.69) is 15.2 Å². The van der Waals surface area contributed by atoms with Crippen molar-refractivity contribution in [2.45, 2.75) is 19.3 Å². The lowest BCUT2D eigenvalue weighted by Crippen LogP contribution is -2.41. The van der Waals surface area contributed by atoms with Crippen molar-refractivity contribution in [3.8, 4) is 0 Å². The van der Waals surface area contributed by atoms with Crippen LogP contribution in [0.15, 0.2) is 59.2 Å². The number of ether oxygens (including phenoxy) is 1. The van der Waals surface area contributed by atoms with Crippen LogP contribution in [-0.4, -0.2) is 60.1 Å². The van der Waals surface area contributed by atoms with E-state index in [9.17, 15) is 22.4 Å². The third-order valence-corrected chi connectivity index (χ3v) is 5.80. The van der Waals surface area contributed by atoms with Gasteiger partial charge in [0, 0.05) is 38.4 Å². The number of rotatable bonds is 9. The molecular weight excluding hydrogens is 480 g/mol. The van der Waals surface area contributed by atoms with Crippen LogP contribution in [0, 0.1) is 5.82 Å². The fourth-order valence-electron chi connectivity index (χ4n) is 3.90. The third kappa shape index (κ3) is 7.12. The van der Waals surface area contributed by atoms with Gasteiger partial charge in [0.25, 0.3) is 5.91 Å². The van der Waals surface area contributed by atoms with Gasteiger partial charge in [0.2, 0.25) is 5.89 Å². The molecule has 2 aromatic carbocycles. The standard InChI is InChI=1S/C25H26F4N4O3/c26-19-5-7-20(8-6-19)30-24(34)22-17-36-23(31-22)16-33(10-9-32-11-13-35-14-12-32)15-18-3-1-2-4-21(18)25(27,28)29/h1-8,17H,9-16H2,(H,30,34). The van der Waals surface area contributed by atoms with E-state index in [0.717, 1.165) is 19.2 Å². The van der Waals surface area contributed by atoms with Crippen molar-refractivity contribution in [2.24, 2.45) is 0 Å². The molecule has 11 heteroatoms. The zero-order chi connectivity index (χ0) is 25.5. The number of aromatic nitrogens is 1. The normalized spacial score (nSPS) is 14.8. The molecule has 2 heterocycles. The Hall–Kier alpha value is -3.28. The van der Waals surface area contributed by atoms with E-state index < -0.39 is 23.5 Å². The van der Waals surface area contributed by atoms with Gasteiger partial charge >= 0.3 is 6.18 Å². The number of benzene rings is 2. The first-order chi connectivity index (χ1) is 17.3. The summed E-state index contributed by atoms with van der Waals surface area (Å²) in [4.78, 5) is 20.7. The van der Waals surface area contributed by atoms with Crippen molar-refractivity contribution in [3.05, 3.63) is 83.3 Å². The van der Waals surface area contributed by atoms with Crippen LogP contribution < -0.4 is 5.32 Å². The van der Waals surface area contributed by atoms with Crippen LogP contribution in [0.25, 0.3) is 0 Å². The summed E-state index contributed by atoms with van der Waals surface area (Å²) in [7, 11) is 0. The zero-order valence-electron chi connectivity index (χ0n) is 19.4. The van der Waals surface area contributed by atoms with Crippen LogP contribution in [0.5, 0.6) is 0 Å². The first-order valence-electron chi connectivity index (χ1n) is 11.5. The molecular formula is C25H26F4N4O3. The molecule has 0 aliphatic carbocycles. The maximum atomic E-state index is 13.6. The van der Waals surface area contributed by atoms with Gasteiger partial charge in [0.1, 0.15) is 12.1 Å². The summed E-state index contributed by atoms with van der Waals surface area (Å²) in [6.07, 6.45) is -3.28. The smallest absolute Gasteiger partial charge is 0.416 e. The Labute approximate surface area is 205 Å². The molecule has 1 fully saturated rings. The summed E-state index contributed by atoms with van der Waals surface area (Å²) < 4.78 is 64.6. The SMILES string of the molecule is O=C(Nc1ccc(F)cc1)c1coc(CN(CCN2CCOCC2)Cc2ccccc2C(F)(F)F)n1. The maximum absolute atomic E-state index is 13.6. The Morgan fingerprint density at radius 2 is 1.78 bits per heavy atom. The van der Waals surface area contributed by atoms with Crippen molar-refractivity contribution in [1.82, 2.24) is 14.8 Å². The molecule has 36 heavy (non-hydrogen) atoms. The molecule has 1 aromatic heterocycles. The Morgan fingerprint density at radius 1 is 1.06 bits per heavy atom. The number of alkyl halides is 3. The second-order valence-electron chi connectivity index (χ2n) is 8.41. The number of hydrogen-bond acceptors (Lipinski definition) is 6. The van der Waals surface area contributed by atoms with Crippen LogP contribution in [-0.2, 0) is 24.0 Å². The average Bonchev–Trinajstić information content (AvgIpc) is 3.33. The molecule has 4 rings (SSSR count). The highest BCUT2D eigenvalue weighted by atomic mass is 19.4. The molecule has 192 valence electrons. The molecule has 7 nitrogen and oxygen atoms in total. The molecule has 1 amide bonds. The number of halogens is 4. The van der Waals surface area contributed by atoms with E-state index in [0.29, 0.717) is 32.0 Å². The van der Waals surface area contributed by atoms with Gasteiger partial charge in [-0.25, -0.2) is 9.37 Å². The van der Waals surface area contributed by atoms with Gasteiger partial charge in [-0.05, 0) is 35.9 Å². The van der Waals surface area contributed by atoms with Gasteiger partial charge < -0.3 is 14.5 Å². The van der Waals surface area contributed by atoms with Crippen molar-refractivity contribution in [2.75, 3.05) is 44.7 Å².